The van der Waals surface area contributed by atoms with Crippen molar-refractivity contribution in [2.24, 2.45) is 5.92 Å². The number of rotatable bonds is 4. The van der Waals surface area contributed by atoms with Crippen molar-refractivity contribution in [3.05, 3.63) is 35.9 Å². The van der Waals surface area contributed by atoms with Crippen LogP contribution in [-0.4, -0.2) is 37.0 Å². The molecule has 1 fully saturated rings. The summed E-state index contributed by atoms with van der Waals surface area (Å²) in [4.78, 5) is 25.6. The summed E-state index contributed by atoms with van der Waals surface area (Å²) in [6.07, 6.45) is 2.93. The summed E-state index contributed by atoms with van der Waals surface area (Å²) in [5.74, 6) is -0.234. The zero-order chi connectivity index (χ0) is 14.4. The zero-order valence-electron chi connectivity index (χ0n) is 11.9. The summed E-state index contributed by atoms with van der Waals surface area (Å²) < 4.78 is 4.77. The van der Waals surface area contributed by atoms with Crippen LogP contribution in [0, 0.1) is 5.92 Å². The molecule has 1 saturated heterocycles. The lowest BCUT2D eigenvalue weighted by molar-refractivity contribution is -0.149. The van der Waals surface area contributed by atoms with Gasteiger partial charge in [0.15, 0.2) is 0 Å². The minimum Gasteiger partial charge on any atom is -0.469 e. The van der Waals surface area contributed by atoms with E-state index in [1.165, 1.54) is 12.7 Å². The van der Waals surface area contributed by atoms with E-state index in [4.69, 9.17) is 4.74 Å². The van der Waals surface area contributed by atoms with Crippen LogP contribution >= 0.6 is 0 Å². The third-order valence-electron chi connectivity index (χ3n) is 3.78. The summed E-state index contributed by atoms with van der Waals surface area (Å²) >= 11 is 0. The fourth-order valence-corrected chi connectivity index (χ4v) is 2.62. The van der Waals surface area contributed by atoms with Gasteiger partial charge in [0, 0.05) is 19.5 Å². The highest BCUT2D eigenvalue weighted by Gasteiger charge is 2.28. The van der Waals surface area contributed by atoms with Crippen LogP contribution in [-0.2, 0) is 20.7 Å². The highest BCUT2D eigenvalue weighted by Crippen LogP contribution is 2.18. The van der Waals surface area contributed by atoms with Crippen molar-refractivity contribution in [1.29, 1.82) is 0 Å². The predicted molar refractivity (Wildman–Crippen MR) is 76.1 cm³/mol. The first-order chi connectivity index (χ1) is 9.70. The molecule has 4 heteroatoms. The number of aryl methyl sites for hydroxylation is 1. The minimum atomic E-state index is -0.203. The fourth-order valence-electron chi connectivity index (χ4n) is 2.62. The average molecular weight is 275 g/mol. The molecular weight excluding hydrogens is 254 g/mol. The number of amides is 1. The van der Waals surface area contributed by atoms with E-state index in [9.17, 15) is 9.59 Å². The molecule has 108 valence electrons. The Morgan fingerprint density at radius 1 is 1.30 bits per heavy atom. The van der Waals surface area contributed by atoms with Crippen LogP contribution in [0.15, 0.2) is 30.3 Å². The smallest absolute Gasteiger partial charge is 0.310 e. The molecular formula is C16H21NO3. The maximum atomic E-state index is 12.2. The minimum absolute atomic E-state index is 0.127. The van der Waals surface area contributed by atoms with Gasteiger partial charge in [-0.1, -0.05) is 30.3 Å². The molecule has 0 aromatic heterocycles. The molecule has 0 saturated carbocycles. The first-order valence-electron chi connectivity index (χ1n) is 7.10. The van der Waals surface area contributed by atoms with Crippen LogP contribution in [0.3, 0.4) is 0 Å². The molecule has 20 heavy (non-hydrogen) atoms. The number of hydrogen-bond donors (Lipinski definition) is 0. The van der Waals surface area contributed by atoms with Crippen molar-refractivity contribution in [3.8, 4) is 0 Å². The second kappa shape index (κ2) is 7.08. The molecule has 1 amide bonds. The molecule has 0 spiro atoms. The SMILES string of the molecule is COC(=O)C1CCCN(C(=O)CCc2ccccc2)C1. The molecule has 1 aliphatic rings. The van der Waals surface area contributed by atoms with Gasteiger partial charge in [-0.25, -0.2) is 0 Å². The Morgan fingerprint density at radius 2 is 2.05 bits per heavy atom. The Balaban J connectivity index is 1.84. The summed E-state index contributed by atoms with van der Waals surface area (Å²) in [5, 5.41) is 0. The predicted octanol–water partition coefficient (Wildman–Crippen LogP) is 2.03. The summed E-state index contributed by atoms with van der Waals surface area (Å²) in [6.45, 7) is 1.25. The van der Waals surface area contributed by atoms with Crippen molar-refractivity contribution in [2.75, 3.05) is 20.2 Å². The summed E-state index contributed by atoms with van der Waals surface area (Å²) in [6, 6.07) is 9.99. The molecule has 2 rings (SSSR count). The van der Waals surface area contributed by atoms with Gasteiger partial charge in [-0.05, 0) is 24.8 Å². The van der Waals surface area contributed by atoms with E-state index < -0.39 is 0 Å². The first kappa shape index (κ1) is 14.6. The van der Waals surface area contributed by atoms with Crippen LogP contribution in [0.1, 0.15) is 24.8 Å². The Hall–Kier alpha value is -1.84. The Bertz CT molecular complexity index is 458. The normalized spacial score (nSPS) is 18.6. The van der Waals surface area contributed by atoms with Crippen LogP contribution < -0.4 is 0 Å². The molecule has 0 bridgehead atoms. The molecule has 1 aliphatic heterocycles. The third kappa shape index (κ3) is 3.83. The number of likely N-dealkylation sites (tertiary alicyclic amines) is 1. The third-order valence-corrected chi connectivity index (χ3v) is 3.78. The Labute approximate surface area is 119 Å². The summed E-state index contributed by atoms with van der Waals surface area (Å²) in [7, 11) is 1.40. The fraction of sp³-hybridized carbons (Fsp3) is 0.500. The molecule has 0 radical (unpaired) electrons. The second-order valence-electron chi connectivity index (χ2n) is 5.19. The first-order valence-corrected chi connectivity index (χ1v) is 7.10. The molecule has 1 unspecified atom stereocenters. The van der Waals surface area contributed by atoms with Crippen molar-refractivity contribution in [3.63, 3.8) is 0 Å². The van der Waals surface area contributed by atoms with E-state index in [0.29, 0.717) is 13.0 Å². The maximum absolute atomic E-state index is 12.2. The molecule has 1 aromatic carbocycles. The van der Waals surface area contributed by atoms with Crippen molar-refractivity contribution in [2.45, 2.75) is 25.7 Å². The highest BCUT2D eigenvalue weighted by molar-refractivity contribution is 5.78. The van der Waals surface area contributed by atoms with Gasteiger partial charge in [0.1, 0.15) is 0 Å². The van der Waals surface area contributed by atoms with Crippen molar-refractivity contribution in [1.82, 2.24) is 4.90 Å². The molecule has 1 heterocycles. The molecule has 1 atom stereocenters. The summed E-state index contributed by atoms with van der Waals surface area (Å²) in [5.41, 5.74) is 1.17. The number of ether oxygens (including phenoxy) is 1. The lowest BCUT2D eigenvalue weighted by Gasteiger charge is -2.31. The Morgan fingerprint density at radius 3 is 2.75 bits per heavy atom. The maximum Gasteiger partial charge on any atom is 0.310 e. The van der Waals surface area contributed by atoms with Gasteiger partial charge in [-0.15, -0.1) is 0 Å². The highest BCUT2D eigenvalue weighted by atomic mass is 16.5. The van der Waals surface area contributed by atoms with E-state index in [1.807, 2.05) is 30.3 Å². The van der Waals surface area contributed by atoms with E-state index >= 15 is 0 Å². The number of nitrogens with zero attached hydrogens (tertiary/aromatic N) is 1. The van der Waals surface area contributed by atoms with E-state index in [2.05, 4.69) is 0 Å². The second-order valence-corrected chi connectivity index (χ2v) is 5.19. The van der Waals surface area contributed by atoms with E-state index in [0.717, 1.165) is 25.8 Å². The lowest BCUT2D eigenvalue weighted by Crippen LogP contribution is -2.42. The molecule has 0 N–H and O–H groups in total. The number of benzene rings is 1. The molecule has 0 aliphatic carbocycles. The number of methoxy groups -OCH3 is 1. The largest absolute Gasteiger partial charge is 0.469 e. The van der Waals surface area contributed by atoms with Crippen LogP contribution in [0.2, 0.25) is 0 Å². The lowest BCUT2D eigenvalue weighted by atomic mass is 9.97. The van der Waals surface area contributed by atoms with Crippen LogP contribution in [0.25, 0.3) is 0 Å². The quantitative estimate of drug-likeness (QED) is 0.790. The van der Waals surface area contributed by atoms with Gasteiger partial charge < -0.3 is 9.64 Å². The molecule has 1 aromatic rings. The van der Waals surface area contributed by atoms with Crippen molar-refractivity contribution < 1.29 is 14.3 Å². The molecule has 4 nitrogen and oxygen atoms in total. The zero-order valence-corrected chi connectivity index (χ0v) is 11.9. The number of esters is 1. The number of hydrogen-bond acceptors (Lipinski definition) is 3. The standard InChI is InChI=1S/C16H21NO3/c1-20-16(19)14-8-5-11-17(12-14)15(18)10-9-13-6-3-2-4-7-13/h2-4,6-7,14H,5,8-12H2,1H3. The topological polar surface area (TPSA) is 46.6 Å². The van der Waals surface area contributed by atoms with E-state index in [-0.39, 0.29) is 17.8 Å². The number of carbonyl (C=O) groups is 2. The van der Waals surface area contributed by atoms with Gasteiger partial charge in [0.05, 0.1) is 13.0 Å². The Kier molecular flexibility index (Phi) is 5.16. The monoisotopic (exact) mass is 275 g/mol. The van der Waals surface area contributed by atoms with Gasteiger partial charge in [0.2, 0.25) is 5.91 Å². The van der Waals surface area contributed by atoms with Gasteiger partial charge >= 0.3 is 5.97 Å². The number of piperidine rings is 1. The average Bonchev–Trinajstić information content (AvgIpc) is 2.53. The van der Waals surface area contributed by atoms with E-state index in [1.54, 1.807) is 4.90 Å². The van der Waals surface area contributed by atoms with Crippen LogP contribution in [0.5, 0.6) is 0 Å². The number of carbonyl (C=O) groups excluding carboxylic acids is 2. The van der Waals surface area contributed by atoms with Gasteiger partial charge in [-0.2, -0.15) is 0 Å². The van der Waals surface area contributed by atoms with Crippen molar-refractivity contribution >= 4 is 11.9 Å². The van der Waals surface area contributed by atoms with Gasteiger partial charge in [-0.3, -0.25) is 9.59 Å². The van der Waals surface area contributed by atoms with Crippen LogP contribution in [0.4, 0.5) is 0 Å². The van der Waals surface area contributed by atoms with Gasteiger partial charge in [0.25, 0.3) is 0 Å².